The van der Waals surface area contributed by atoms with Gasteiger partial charge < -0.3 is 14.6 Å². The van der Waals surface area contributed by atoms with Crippen LogP contribution in [0.2, 0.25) is 0 Å². The highest BCUT2D eigenvalue weighted by Gasteiger charge is 2.50. The summed E-state index contributed by atoms with van der Waals surface area (Å²) in [5.41, 5.74) is 2.87. The highest BCUT2D eigenvalue weighted by atomic mass is 16.5. The van der Waals surface area contributed by atoms with Gasteiger partial charge in [0.15, 0.2) is 0 Å². The van der Waals surface area contributed by atoms with Crippen molar-refractivity contribution < 1.29 is 9.53 Å². The van der Waals surface area contributed by atoms with Crippen molar-refractivity contribution in [2.75, 3.05) is 39.4 Å². The number of para-hydroxylation sites is 1. The van der Waals surface area contributed by atoms with Crippen LogP contribution >= 0.6 is 0 Å². The summed E-state index contributed by atoms with van der Waals surface area (Å²) < 4.78 is 5.53. The molecule has 0 radical (unpaired) electrons. The second-order valence-electron chi connectivity index (χ2n) is 8.81. The number of aromatic amines is 1. The smallest absolute Gasteiger partial charge is 0.222 e. The fourth-order valence-corrected chi connectivity index (χ4v) is 5.66. The van der Waals surface area contributed by atoms with Crippen molar-refractivity contribution in [1.29, 1.82) is 0 Å². The predicted molar refractivity (Wildman–Crippen MR) is 110 cm³/mol. The van der Waals surface area contributed by atoms with Crippen molar-refractivity contribution >= 4 is 16.8 Å². The van der Waals surface area contributed by atoms with E-state index in [0.29, 0.717) is 17.7 Å². The topological polar surface area (TPSA) is 48.6 Å². The lowest BCUT2D eigenvalue weighted by molar-refractivity contribution is -0.139. The van der Waals surface area contributed by atoms with Gasteiger partial charge in [-0.3, -0.25) is 9.69 Å². The molecular weight excluding hydrogens is 350 g/mol. The molecule has 1 saturated carbocycles. The standard InChI is InChI=1S/C23H31N3O2/c27-22(6-5-18-17-24-20-4-2-1-3-19(18)20)26-11-9-23(10-12-26)8-7-21(23)25-13-15-28-16-14-25/h1-4,17,21,24H,5-16H2. The van der Waals surface area contributed by atoms with E-state index in [1.807, 2.05) is 6.07 Å². The van der Waals surface area contributed by atoms with Crippen molar-refractivity contribution in [3.05, 3.63) is 36.0 Å². The molecule has 1 aromatic heterocycles. The molecule has 1 atom stereocenters. The lowest BCUT2D eigenvalue weighted by Gasteiger charge is -2.58. The molecule has 2 aromatic rings. The van der Waals surface area contributed by atoms with Gasteiger partial charge in [0.2, 0.25) is 5.91 Å². The zero-order valence-electron chi connectivity index (χ0n) is 16.7. The summed E-state index contributed by atoms with van der Waals surface area (Å²) in [5.74, 6) is 0.322. The van der Waals surface area contributed by atoms with Crippen molar-refractivity contribution in [3.8, 4) is 0 Å². The van der Waals surface area contributed by atoms with Crippen LogP contribution in [0.15, 0.2) is 30.5 Å². The largest absolute Gasteiger partial charge is 0.379 e. The number of hydrogen-bond donors (Lipinski definition) is 1. The fraction of sp³-hybridized carbons (Fsp3) is 0.609. The normalized spacial score (nSPS) is 25.1. The van der Waals surface area contributed by atoms with Crippen LogP contribution in [0.1, 0.15) is 37.7 Å². The van der Waals surface area contributed by atoms with Crippen LogP contribution in [0.5, 0.6) is 0 Å². The first-order chi connectivity index (χ1) is 13.8. The van der Waals surface area contributed by atoms with E-state index >= 15 is 0 Å². The van der Waals surface area contributed by atoms with Gasteiger partial charge >= 0.3 is 0 Å². The summed E-state index contributed by atoms with van der Waals surface area (Å²) in [6.45, 7) is 5.80. The number of piperidine rings is 1. The number of nitrogens with zero attached hydrogens (tertiary/aromatic N) is 2. The molecule has 5 heteroatoms. The first-order valence-electron chi connectivity index (χ1n) is 10.9. The second-order valence-corrected chi connectivity index (χ2v) is 8.81. The minimum absolute atomic E-state index is 0.322. The molecule has 5 rings (SSSR count). The number of carbonyl (C=O) groups is 1. The van der Waals surface area contributed by atoms with Crippen molar-refractivity contribution in [1.82, 2.24) is 14.8 Å². The number of aromatic nitrogens is 1. The van der Waals surface area contributed by atoms with Crippen molar-refractivity contribution in [3.63, 3.8) is 0 Å². The van der Waals surface area contributed by atoms with E-state index in [4.69, 9.17) is 4.74 Å². The van der Waals surface area contributed by atoms with Crippen LogP contribution in [0, 0.1) is 5.41 Å². The minimum Gasteiger partial charge on any atom is -0.379 e. The fourth-order valence-electron chi connectivity index (χ4n) is 5.66. The van der Waals surface area contributed by atoms with Crippen LogP contribution in [0.4, 0.5) is 0 Å². The maximum absolute atomic E-state index is 12.8. The number of aryl methyl sites for hydroxylation is 1. The van der Waals surface area contributed by atoms with Crippen LogP contribution in [0.3, 0.4) is 0 Å². The number of benzene rings is 1. The molecular formula is C23H31N3O2. The third kappa shape index (κ3) is 3.25. The lowest BCUT2D eigenvalue weighted by atomic mass is 9.58. The van der Waals surface area contributed by atoms with Gasteiger partial charge in [0.25, 0.3) is 0 Å². The Morgan fingerprint density at radius 3 is 2.64 bits per heavy atom. The first kappa shape index (κ1) is 18.2. The van der Waals surface area contributed by atoms with E-state index < -0.39 is 0 Å². The number of nitrogens with one attached hydrogen (secondary N) is 1. The number of carbonyl (C=O) groups excluding carboxylic acids is 1. The Morgan fingerprint density at radius 1 is 1.11 bits per heavy atom. The Balaban J connectivity index is 1.15. The molecule has 3 fully saturated rings. The Hall–Kier alpha value is -1.85. The number of hydrogen-bond acceptors (Lipinski definition) is 3. The number of rotatable bonds is 4. The van der Waals surface area contributed by atoms with Crippen LogP contribution < -0.4 is 0 Å². The van der Waals surface area contributed by atoms with Crippen molar-refractivity contribution in [2.45, 2.75) is 44.6 Å². The molecule has 3 aliphatic rings. The maximum atomic E-state index is 12.8. The monoisotopic (exact) mass is 381 g/mol. The van der Waals surface area contributed by atoms with Gasteiger partial charge in [0.1, 0.15) is 0 Å². The van der Waals surface area contributed by atoms with E-state index in [-0.39, 0.29) is 0 Å². The molecule has 2 aliphatic heterocycles. The highest BCUT2D eigenvalue weighted by Crippen LogP contribution is 2.51. The molecule has 1 N–H and O–H groups in total. The second kappa shape index (κ2) is 7.53. The molecule has 28 heavy (non-hydrogen) atoms. The predicted octanol–water partition coefficient (Wildman–Crippen LogP) is 3.20. The van der Waals surface area contributed by atoms with Gasteiger partial charge in [-0.25, -0.2) is 0 Å². The third-order valence-corrected chi connectivity index (χ3v) is 7.50. The van der Waals surface area contributed by atoms with E-state index in [1.165, 1.54) is 36.6 Å². The molecule has 3 heterocycles. The average molecular weight is 382 g/mol. The number of fused-ring (bicyclic) bond motifs is 1. The van der Waals surface area contributed by atoms with Crippen LogP contribution in [0.25, 0.3) is 10.9 Å². The zero-order chi connectivity index (χ0) is 19.0. The molecule has 1 spiro atoms. The minimum atomic E-state index is 0.322. The SMILES string of the molecule is O=C(CCc1c[nH]c2ccccc12)N1CCC2(CCC2N2CCOCC2)CC1. The van der Waals surface area contributed by atoms with Crippen molar-refractivity contribution in [2.24, 2.45) is 5.41 Å². The van der Waals surface area contributed by atoms with Crippen LogP contribution in [-0.4, -0.2) is 66.1 Å². The van der Waals surface area contributed by atoms with Gasteiger partial charge in [-0.15, -0.1) is 0 Å². The maximum Gasteiger partial charge on any atom is 0.222 e. The number of amides is 1. The Labute approximate surface area is 167 Å². The Bertz CT molecular complexity index is 831. The van der Waals surface area contributed by atoms with Gasteiger partial charge in [-0.05, 0) is 49.1 Å². The molecule has 1 unspecified atom stereocenters. The summed E-state index contributed by atoms with van der Waals surface area (Å²) in [5, 5.41) is 1.25. The van der Waals surface area contributed by atoms with Crippen LogP contribution in [-0.2, 0) is 16.0 Å². The number of ether oxygens (including phenoxy) is 1. The third-order valence-electron chi connectivity index (χ3n) is 7.50. The summed E-state index contributed by atoms with van der Waals surface area (Å²) in [6, 6.07) is 9.06. The molecule has 2 saturated heterocycles. The van der Waals surface area contributed by atoms with E-state index in [1.54, 1.807) is 0 Å². The van der Waals surface area contributed by atoms with E-state index in [9.17, 15) is 4.79 Å². The number of morpholine rings is 1. The molecule has 1 aromatic carbocycles. The average Bonchev–Trinajstić information content (AvgIpc) is 3.15. The highest BCUT2D eigenvalue weighted by molar-refractivity contribution is 5.84. The first-order valence-corrected chi connectivity index (χ1v) is 10.9. The molecule has 5 nitrogen and oxygen atoms in total. The number of likely N-dealkylation sites (tertiary alicyclic amines) is 1. The van der Waals surface area contributed by atoms with Gasteiger partial charge in [-0.1, -0.05) is 18.2 Å². The summed E-state index contributed by atoms with van der Waals surface area (Å²) in [4.78, 5) is 20.9. The molecule has 150 valence electrons. The molecule has 0 bridgehead atoms. The Kier molecular flexibility index (Phi) is 4.89. The van der Waals surface area contributed by atoms with Gasteiger partial charge in [0.05, 0.1) is 13.2 Å². The summed E-state index contributed by atoms with van der Waals surface area (Å²) in [7, 11) is 0. The zero-order valence-corrected chi connectivity index (χ0v) is 16.7. The summed E-state index contributed by atoms with van der Waals surface area (Å²) >= 11 is 0. The molecule has 1 amide bonds. The van der Waals surface area contributed by atoms with E-state index in [2.05, 4.69) is 39.2 Å². The number of H-pyrrole nitrogens is 1. The lowest BCUT2D eigenvalue weighted by Crippen LogP contribution is -2.61. The quantitative estimate of drug-likeness (QED) is 0.885. The van der Waals surface area contributed by atoms with Gasteiger partial charge in [-0.2, -0.15) is 0 Å². The van der Waals surface area contributed by atoms with E-state index in [0.717, 1.165) is 57.4 Å². The molecule has 1 aliphatic carbocycles. The summed E-state index contributed by atoms with van der Waals surface area (Å²) in [6.07, 6.45) is 8.51. The Morgan fingerprint density at radius 2 is 1.89 bits per heavy atom. The van der Waals surface area contributed by atoms with Gasteiger partial charge in [0, 0.05) is 55.7 Å².